The number of rotatable bonds is 1. The predicted molar refractivity (Wildman–Crippen MR) is 76.9 cm³/mol. The van der Waals surface area contributed by atoms with Crippen LogP contribution in [-0.2, 0) is 0 Å². The number of hydrogen-bond donors (Lipinski definition) is 1. The first-order valence-electron chi connectivity index (χ1n) is 6.65. The van der Waals surface area contributed by atoms with Crippen molar-refractivity contribution in [3.05, 3.63) is 33.8 Å². The minimum atomic E-state index is 0.0397. The first-order chi connectivity index (χ1) is 9.16. The van der Waals surface area contributed by atoms with Crippen LogP contribution >= 0.6 is 23.2 Å². The lowest BCUT2D eigenvalue weighted by molar-refractivity contribution is 0.0680. The number of carbonyl (C=O) groups is 1. The van der Waals surface area contributed by atoms with Crippen molar-refractivity contribution in [1.82, 2.24) is 10.2 Å². The van der Waals surface area contributed by atoms with Gasteiger partial charge in [-0.3, -0.25) is 4.79 Å². The van der Waals surface area contributed by atoms with Crippen molar-refractivity contribution in [3.8, 4) is 0 Å². The van der Waals surface area contributed by atoms with Gasteiger partial charge in [0.1, 0.15) is 0 Å². The molecule has 0 saturated carbocycles. The van der Waals surface area contributed by atoms with Crippen LogP contribution in [0, 0.1) is 0 Å². The zero-order valence-electron chi connectivity index (χ0n) is 10.5. The molecule has 2 unspecified atom stereocenters. The molecule has 1 amide bonds. The summed E-state index contributed by atoms with van der Waals surface area (Å²) in [6.07, 6.45) is 3.20. The molecule has 0 radical (unpaired) electrons. The molecule has 1 N–H and O–H groups in total. The maximum Gasteiger partial charge on any atom is 0.255 e. The summed E-state index contributed by atoms with van der Waals surface area (Å²) >= 11 is 12.0. The fraction of sp³-hybridized carbons (Fsp3) is 0.500. The monoisotopic (exact) mass is 298 g/mol. The largest absolute Gasteiger partial charge is 0.331 e. The molecule has 2 aliphatic rings. The van der Waals surface area contributed by atoms with Gasteiger partial charge in [0.05, 0.1) is 10.6 Å². The summed E-state index contributed by atoms with van der Waals surface area (Å²) < 4.78 is 0. The maximum absolute atomic E-state index is 12.7. The van der Waals surface area contributed by atoms with Crippen molar-refractivity contribution in [3.63, 3.8) is 0 Å². The summed E-state index contributed by atoms with van der Waals surface area (Å²) in [6.45, 7) is 1.87. The van der Waals surface area contributed by atoms with E-state index in [1.807, 2.05) is 4.90 Å². The van der Waals surface area contributed by atoms with Crippen LogP contribution in [0.4, 0.5) is 0 Å². The normalized spacial score (nSPS) is 26.3. The van der Waals surface area contributed by atoms with Crippen molar-refractivity contribution in [2.75, 3.05) is 13.1 Å². The number of carbonyl (C=O) groups excluding carboxylic acids is 1. The Kier molecular flexibility index (Phi) is 3.70. The van der Waals surface area contributed by atoms with Crippen LogP contribution in [0.25, 0.3) is 0 Å². The summed E-state index contributed by atoms with van der Waals surface area (Å²) in [6, 6.07) is 5.73. The quantitative estimate of drug-likeness (QED) is 0.864. The Morgan fingerprint density at radius 2 is 2.00 bits per heavy atom. The minimum absolute atomic E-state index is 0.0397. The van der Waals surface area contributed by atoms with Gasteiger partial charge in [-0.25, -0.2) is 0 Å². The summed E-state index contributed by atoms with van der Waals surface area (Å²) in [5.74, 6) is 0.0397. The molecule has 2 atom stereocenters. The molecular formula is C14H16Cl2N2O. The number of fused-ring (bicyclic) bond motifs is 2. The summed E-state index contributed by atoms with van der Waals surface area (Å²) in [4.78, 5) is 14.7. The Labute approximate surface area is 122 Å². The Morgan fingerprint density at radius 1 is 1.21 bits per heavy atom. The Balaban J connectivity index is 1.90. The number of nitrogens with zero attached hydrogens (tertiary/aromatic N) is 1. The van der Waals surface area contributed by atoms with Crippen LogP contribution in [0.5, 0.6) is 0 Å². The van der Waals surface area contributed by atoms with E-state index in [-0.39, 0.29) is 5.91 Å². The van der Waals surface area contributed by atoms with E-state index in [1.54, 1.807) is 18.2 Å². The lowest BCUT2D eigenvalue weighted by atomic mass is 10.1. The van der Waals surface area contributed by atoms with Crippen LogP contribution < -0.4 is 5.32 Å². The van der Waals surface area contributed by atoms with E-state index in [4.69, 9.17) is 23.2 Å². The average molecular weight is 299 g/mol. The number of benzene rings is 1. The molecule has 1 aromatic rings. The molecule has 0 aliphatic carbocycles. The molecule has 3 rings (SSSR count). The van der Waals surface area contributed by atoms with Gasteiger partial charge < -0.3 is 10.2 Å². The molecule has 0 aromatic heterocycles. The van der Waals surface area contributed by atoms with Gasteiger partial charge in [0.15, 0.2) is 0 Å². The van der Waals surface area contributed by atoms with Crippen molar-refractivity contribution in [1.29, 1.82) is 0 Å². The van der Waals surface area contributed by atoms with Crippen LogP contribution in [0.2, 0.25) is 10.0 Å². The van der Waals surface area contributed by atoms with E-state index in [2.05, 4.69) is 5.32 Å². The van der Waals surface area contributed by atoms with Crippen LogP contribution in [0.3, 0.4) is 0 Å². The van der Waals surface area contributed by atoms with Gasteiger partial charge in [0.2, 0.25) is 0 Å². The van der Waals surface area contributed by atoms with Gasteiger partial charge in [-0.05, 0) is 44.0 Å². The van der Waals surface area contributed by atoms with Crippen molar-refractivity contribution in [2.45, 2.75) is 31.3 Å². The highest BCUT2D eigenvalue weighted by Gasteiger charge is 2.38. The van der Waals surface area contributed by atoms with Gasteiger partial charge in [0, 0.05) is 23.7 Å². The fourth-order valence-corrected chi connectivity index (χ4v) is 3.61. The SMILES string of the molecule is O=C(c1ccc(Cl)cc1Cl)N1C2CCNCC1CC2. The van der Waals surface area contributed by atoms with Gasteiger partial charge >= 0.3 is 0 Å². The molecule has 3 nitrogen and oxygen atoms in total. The first-order valence-corrected chi connectivity index (χ1v) is 7.41. The molecule has 0 spiro atoms. The molecule has 19 heavy (non-hydrogen) atoms. The lowest BCUT2D eigenvalue weighted by Gasteiger charge is -2.28. The third-order valence-corrected chi connectivity index (χ3v) is 4.60. The number of amides is 1. The van der Waals surface area contributed by atoms with Crippen LogP contribution in [0.1, 0.15) is 29.6 Å². The Morgan fingerprint density at radius 3 is 2.79 bits per heavy atom. The number of nitrogens with one attached hydrogen (secondary N) is 1. The molecule has 2 aliphatic heterocycles. The Hall–Kier alpha value is -0.770. The second kappa shape index (κ2) is 5.31. The third kappa shape index (κ3) is 2.47. The molecule has 2 fully saturated rings. The third-order valence-electron chi connectivity index (χ3n) is 4.05. The van der Waals surface area contributed by atoms with Gasteiger partial charge in [-0.2, -0.15) is 0 Å². The minimum Gasteiger partial charge on any atom is -0.331 e. The van der Waals surface area contributed by atoms with E-state index in [0.717, 1.165) is 32.4 Å². The predicted octanol–water partition coefficient (Wildman–Crippen LogP) is 2.96. The molecule has 2 saturated heterocycles. The lowest BCUT2D eigenvalue weighted by Crippen LogP contribution is -2.42. The molecular weight excluding hydrogens is 283 g/mol. The summed E-state index contributed by atoms with van der Waals surface area (Å²) in [5, 5.41) is 4.39. The average Bonchev–Trinajstić information content (AvgIpc) is 2.62. The van der Waals surface area contributed by atoms with E-state index in [9.17, 15) is 4.79 Å². The zero-order chi connectivity index (χ0) is 13.4. The molecule has 2 bridgehead atoms. The van der Waals surface area contributed by atoms with Gasteiger partial charge in [-0.15, -0.1) is 0 Å². The molecule has 1 aromatic carbocycles. The van der Waals surface area contributed by atoms with Crippen molar-refractivity contribution < 1.29 is 4.79 Å². The zero-order valence-corrected chi connectivity index (χ0v) is 12.0. The highest BCUT2D eigenvalue weighted by atomic mass is 35.5. The Bertz CT molecular complexity index is 492. The van der Waals surface area contributed by atoms with E-state index in [0.29, 0.717) is 27.7 Å². The first kappa shape index (κ1) is 13.2. The van der Waals surface area contributed by atoms with Crippen molar-refractivity contribution >= 4 is 29.1 Å². The second-order valence-corrected chi connectivity index (χ2v) is 6.06. The second-order valence-electron chi connectivity index (χ2n) is 5.21. The van der Waals surface area contributed by atoms with Gasteiger partial charge in [0.25, 0.3) is 5.91 Å². The number of halogens is 2. The molecule has 102 valence electrons. The summed E-state index contributed by atoms with van der Waals surface area (Å²) in [5.41, 5.74) is 0.560. The van der Waals surface area contributed by atoms with Crippen molar-refractivity contribution in [2.24, 2.45) is 0 Å². The smallest absolute Gasteiger partial charge is 0.255 e. The van der Waals surface area contributed by atoms with E-state index in [1.165, 1.54) is 0 Å². The number of hydrogen-bond acceptors (Lipinski definition) is 2. The van der Waals surface area contributed by atoms with Crippen LogP contribution in [0.15, 0.2) is 18.2 Å². The summed E-state index contributed by atoms with van der Waals surface area (Å²) in [7, 11) is 0. The standard InChI is InChI=1S/C14H16Cl2N2O/c15-9-1-4-12(13(16)7-9)14(19)18-10-2-3-11(18)8-17-6-5-10/h1,4,7,10-11,17H,2-3,5-6,8H2. The van der Waals surface area contributed by atoms with E-state index < -0.39 is 0 Å². The van der Waals surface area contributed by atoms with Crippen LogP contribution in [-0.4, -0.2) is 36.0 Å². The maximum atomic E-state index is 12.7. The topological polar surface area (TPSA) is 32.3 Å². The fourth-order valence-electron chi connectivity index (χ4n) is 3.12. The van der Waals surface area contributed by atoms with Gasteiger partial charge in [-0.1, -0.05) is 23.2 Å². The highest BCUT2D eigenvalue weighted by Crippen LogP contribution is 2.31. The highest BCUT2D eigenvalue weighted by molar-refractivity contribution is 6.36. The molecule has 2 heterocycles. The van der Waals surface area contributed by atoms with E-state index >= 15 is 0 Å². The molecule has 5 heteroatoms.